The van der Waals surface area contributed by atoms with Crippen molar-refractivity contribution in [2.24, 2.45) is 0 Å². The van der Waals surface area contributed by atoms with Crippen LogP contribution in [0.4, 0.5) is 18.9 Å². The van der Waals surface area contributed by atoms with E-state index in [2.05, 4.69) is 5.32 Å². The number of nitrogens with zero attached hydrogens (tertiary/aromatic N) is 2. The summed E-state index contributed by atoms with van der Waals surface area (Å²) in [6.07, 6.45) is -4.23. The normalized spacial score (nSPS) is 19.9. The predicted octanol–water partition coefficient (Wildman–Crippen LogP) is 3.48. The number of rotatable bonds is 3. The second-order valence-corrected chi connectivity index (χ2v) is 7.69. The summed E-state index contributed by atoms with van der Waals surface area (Å²) >= 11 is 0. The molecule has 1 fully saturated rings. The summed E-state index contributed by atoms with van der Waals surface area (Å²) in [6.45, 7) is 2.52. The molecule has 158 valence electrons. The Labute approximate surface area is 172 Å². The first-order chi connectivity index (χ1) is 14.3. The number of fused-ring (bicyclic) bond motifs is 1. The molecule has 0 spiro atoms. The monoisotopic (exact) mass is 417 g/mol. The zero-order chi connectivity index (χ0) is 21.3. The predicted molar refractivity (Wildman–Crippen MR) is 106 cm³/mol. The number of carbonyl (C=O) groups excluding carboxylic acids is 2. The minimum atomic E-state index is -4.36. The molecule has 2 aliphatic rings. The van der Waals surface area contributed by atoms with Crippen LogP contribution in [-0.2, 0) is 22.3 Å². The molecule has 4 rings (SSSR count). The van der Waals surface area contributed by atoms with Crippen LogP contribution in [0.15, 0.2) is 48.5 Å². The van der Waals surface area contributed by atoms with Crippen LogP contribution in [0.1, 0.15) is 29.0 Å². The number of hydrogen-bond donors (Lipinski definition) is 1. The molecule has 2 aromatic rings. The first-order valence-electron chi connectivity index (χ1n) is 9.87. The minimum Gasteiger partial charge on any atom is -0.340 e. The van der Waals surface area contributed by atoms with Gasteiger partial charge in [0.15, 0.2) is 0 Å². The lowest BCUT2D eigenvalue weighted by Crippen LogP contribution is -2.50. The molecule has 0 aliphatic carbocycles. The van der Waals surface area contributed by atoms with E-state index in [9.17, 15) is 22.8 Å². The molecule has 0 radical (unpaired) electrons. The summed E-state index contributed by atoms with van der Waals surface area (Å²) < 4.78 is 38.7. The largest absolute Gasteiger partial charge is 0.416 e. The van der Waals surface area contributed by atoms with E-state index in [0.29, 0.717) is 44.0 Å². The zero-order valence-corrected chi connectivity index (χ0v) is 16.3. The Hall–Kier alpha value is -2.87. The van der Waals surface area contributed by atoms with Crippen molar-refractivity contribution in [2.75, 3.05) is 31.5 Å². The van der Waals surface area contributed by atoms with Gasteiger partial charge in [0.1, 0.15) is 0 Å². The van der Waals surface area contributed by atoms with E-state index in [1.165, 1.54) is 12.1 Å². The molecule has 1 N–H and O–H groups in total. The Bertz CT molecular complexity index is 953. The average molecular weight is 417 g/mol. The Morgan fingerprint density at radius 1 is 1.03 bits per heavy atom. The van der Waals surface area contributed by atoms with Gasteiger partial charge in [0.25, 0.3) is 0 Å². The Balaban J connectivity index is 1.38. The summed E-state index contributed by atoms with van der Waals surface area (Å²) in [5.41, 5.74) is 1.45. The Morgan fingerprint density at radius 2 is 1.77 bits per heavy atom. The van der Waals surface area contributed by atoms with Crippen LogP contribution in [0, 0.1) is 0 Å². The molecular formula is C22H22F3N3O2. The van der Waals surface area contributed by atoms with Crippen molar-refractivity contribution in [3.63, 3.8) is 0 Å². The number of hydrogen-bond acceptors (Lipinski definition) is 3. The first kappa shape index (κ1) is 20.4. The number of piperazine rings is 1. The molecule has 1 atom stereocenters. The second kappa shape index (κ2) is 8.10. The first-order valence-corrected chi connectivity index (χ1v) is 9.87. The smallest absolute Gasteiger partial charge is 0.340 e. The molecule has 1 unspecified atom stereocenters. The molecule has 30 heavy (non-hydrogen) atoms. The van der Waals surface area contributed by atoms with Gasteiger partial charge >= 0.3 is 6.18 Å². The molecule has 5 nitrogen and oxygen atoms in total. The van der Waals surface area contributed by atoms with Crippen molar-refractivity contribution in [1.82, 2.24) is 9.80 Å². The third-order valence-corrected chi connectivity index (χ3v) is 5.64. The van der Waals surface area contributed by atoms with Crippen LogP contribution >= 0.6 is 0 Å². The molecule has 8 heteroatoms. The highest BCUT2D eigenvalue weighted by Gasteiger charge is 2.34. The van der Waals surface area contributed by atoms with Crippen molar-refractivity contribution < 1.29 is 22.8 Å². The molecule has 0 aromatic heterocycles. The van der Waals surface area contributed by atoms with Gasteiger partial charge in [0, 0.05) is 44.8 Å². The van der Waals surface area contributed by atoms with E-state index in [1.54, 1.807) is 17.0 Å². The lowest BCUT2D eigenvalue weighted by atomic mass is 9.89. The molecule has 0 saturated carbocycles. The summed E-state index contributed by atoms with van der Waals surface area (Å²) in [5, 5.41) is 2.80. The van der Waals surface area contributed by atoms with Gasteiger partial charge in [-0.15, -0.1) is 0 Å². The molecular weight excluding hydrogens is 395 g/mol. The number of nitrogens with one attached hydrogen (secondary N) is 1. The number of amides is 2. The highest BCUT2D eigenvalue weighted by Crippen LogP contribution is 2.34. The van der Waals surface area contributed by atoms with E-state index in [1.807, 2.05) is 23.1 Å². The van der Waals surface area contributed by atoms with Crippen LogP contribution in [0.25, 0.3) is 0 Å². The zero-order valence-electron chi connectivity index (χ0n) is 16.3. The van der Waals surface area contributed by atoms with E-state index in [0.717, 1.165) is 11.6 Å². The van der Waals surface area contributed by atoms with Gasteiger partial charge in [-0.2, -0.15) is 13.2 Å². The third-order valence-electron chi connectivity index (χ3n) is 5.64. The number of benzene rings is 2. The maximum Gasteiger partial charge on any atom is 0.416 e. The van der Waals surface area contributed by atoms with E-state index >= 15 is 0 Å². The van der Waals surface area contributed by atoms with Gasteiger partial charge in [-0.05, 0) is 23.3 Å². The fourth-order valence-corrected chi connectivity index (χ4v) is 4.08. The fraction of sp³-hybridized carbons (Fsp3) is 0.364. The number of halogens is 3. The van der Waals surface area contributed by atoms with E-state index in [4.69, 9.17) is 0 Å². The van der Waals surface area contributed by atoms with Crippen LogP contribution in [-0.4, -0.2) is 47.8 Å². The Kier molecular flexibility index (Phi) is 5.51. The van der Waals surface area contributed by atoms with Crippen molar-refractivity contribution >= 4 is 17.5 Å². The molecule has 2 heterocycles. The van der Waals surface area contributed by atoms with Crippen molar-refractivity contribution in [3.05, 3.63) is 65.2 Å². The highest BCUT2D eigenvalue weighted by molar-refractivity contribution is 6.01. The van der Waals surface area contributed by atoms with Crippen molar-refractivity contribution in [1.29, 1.82) is 0 Å². The maximum atomic E-state index is 13.1. The van der Waals surface area contributed by atoms with Crippen LogP contribution in [0.5, 0.6) is 0 Å². The highest BCUT2D eigenvalue weighted by atomic mass is 19.4. The van der Waals surface area contributed by atoms with Gasteiger partial charge in [-0.3, -0.25) is 14.5 Å². The van der Waals surface area contributed by atoms with Gasteiger partial charge in [0.05, 0.1) is 11.5 Å². The third kappa shape index (κ3) is 4.33. The van der Waals surface area contributed by atoms with Crippen LogP contribution in [0.2, 0.25) is 0 Å². The fourth-order valence-electron chi connectivity index (χ4n) is 4.08. The van der Waals surface area contributed by atoms with Gasteiger partial charge in [0.2, 0.25) is 11.8 Å². The topological polar surface area (TPSA) is 52.7 Å². The lowest BCUT2D eigenvalue weighted by Gasteiger charge is -2.37. The van der Waals surface area contributed by atoms with Crippen LogP contribution in [0.3, 0.4) is 0 Å². The average Bonchev–Trinajstić information content (AvgIpc) is 2.73. The van der Waals surface area contributed by atoms with E-state index in [-0.39, 0.29) is 18.2 Å². The van der Waals surface area contributed by atoms with Crippen molar-refractivity contribution in [2.45, 2.75) is 25.1 Å². The quantitative estimate of drug-likeness (QED) is 0.832. The molecule has 0 bridgehead atoms. The Morgan fingerprint density at radius 3 is 2.50 bits per heavy atom. The maximum absolute atomic E-state index is 13.1. The number of para-hydroxylation sites is 1. The lowest BCUT2D eigenvalue weighted by molar-refractivity contribution is -0.138. The summed E-state index contributed by atoms with van der Waals surface area (Å²) in [5.74, 6) is -0.740. The van der Waals surface area contributed by atoms with Gasteiger partial charge in [-0.25, -0.2) is 0 Å². The van der Waals surface area contributed by atoms with Gasteiger partial charge in [-0.1, -0.05) is 36.4 Å². The number of alkyl halides is 3. The minimum absolute atomic E-state index is 0.0731. The van der Waals surface area contributed by atoms with E-state index < -0.39 is 17.7 Å². The summed E-state index contributed by atoms with van der Waals surface area (Å²) in [4.78, 5) is 28.9. The SMILES string of the molecule is O=C1CC(C(=O)N2CCN(Cc3cccc(C(F)(F)F)c3)CC2)c2ccccc2N1. The number of anilines is 1. The van der Waals surface area contributed by atoms with Gasteiger partial charge < -0.3 is 10.2 Å². The molecule has 2 aliphatic heterocycles. The summed E-state index contributed by atoms with van der Waals surface area (Å²) in [7, 11) is 0. The standard InChI is InChI=1S/C22H22F3N3O2/c23-22(24,25)16-5-3-4-15(12-16)14-27-8-10-28(11-9-27)21(30)18-13-20(29)26-19-7-2-1-6-17(18)19/h1-7,12,18H,8-11,13-14H2,(H,26,29). The molecule has 2 aromatic carbocycles. The molecule has 1 saturated heterocycles. The van der Waals surface area contributed by atoms with Crippen LogP contribution < -0.4 is 5.32 Å². The number of carbonyl (C=O) groups is 2. The second-order valence-electron chi connectivity index (χ2n) is 7.69. The van der Waals surface area contributed by atoms with Crippen molar-refractivity contribution in [3.8, 4) is 0 Å². The molecule has 2 amide bonds. The summed E-state index contributed by atoms with van der Waals surface area (Å²) in [6, 6.07) is 12.7.